The van der Waals surface area contributed by atoms with Gasteiger partial charge in [0, 0.05) is 5.56 Å². The molecule has 1 amide bonds. The van der Waals surface area contributed by atoms with Crippen LogP contribution < -0.4 is 4.72 Å². The van der Waals surface area contributed by atoms with E-state index in [1.807, 2.05) is 84.9 Å². The molecule has 0 spiro atoms. The maximum Gasteiger partial charge on any atom is 0.264 e. The summed E-state index contributed by atoms with van der Waals surface area (Å²) in [7, 11) is -4.03. The molecule has 1 atom stereocenters. The first kappa shape index (κ1) is 24.4. The maximum atomic E-state index is 12.9. The average molecular weight is 508 g/mol. The van der Waals surface area contributed by atoms with E-state index in [0.29, 0.717) is 6.61 Å². The van der Waals surface area contributed by atoms with Gasteiger partial charge in [0.05, 0.1) is 11.5 Å². The molecule has 0 fully saturated rings. The fraction of sp³-hybridized carbons (Fsp3) is 0.0645. The second kappa shape index (κ2) is 10.8. The lowest BCUT2D eigenvalue weighted by atomic mass is 10.00. The van der Waals surface area contributed by atoms with Crippen LogP contribution >= 0.6 is 0 Å². The Bertz CT molecular complexity index is 1620. The molecule has 5 aromatic carbocycles. The standard InChI is InChI=1S/C31H25NO4S/c33-31(32-37(34,35)29-20-19-24-11-7-8-14-28(24)21-29)27-17-15-26(16-18-27)30(25-12-5-2-6-13-25)36-22-23-9-3-1-4-10-23/h1-21,30H,22H2,(H,32,33). The van der Waals surface area contributed by atoms with E-state index >= 15 is 0 Å². The smallest absolute Gasteiger partial charge is 0.264 e. The second-order valence-electron chi connectivity index (χ2n) is 8.65. The molecule has 0 aliphatic heterocycles. The summed E-state index contributed by atoms with van der Waals surface area (Å²) in [6.07, 6.45) is -0.347. The zero-order valence-electron chi connectivity index (χ0n) is 20.0. The Morgan fingerprint density at radius 3 is 1.97 bits per heavy atom. The van der Waals surface area contributed by atoms with Crippen molar-refractivity contribution in [3.8, 4) is 0 Å². The van der Waals surface area contributed by atoms with Gasteiger partial charge in [-0.05, 0) is 51.7 Å². The third kappa shape index (κ3) is 5.77. The van der Waals surface area contributed by atoms with Crippen LogP contribution in [-0.4, -0.2) is 14.3 Å². The maximum absolute atomic E-state index is 12.9. The lowest BCUT2D eigenvalue weighted by molar-refractivity contribution is 0.0667. The van der Waals surface area contributed by atoms with Gasteiger partial charge in [-0.2, -0.15) is 0 Å². The molecule has 5 aromatic rings. The highest BCUT2D eigenvalue weighted by Gasteiger charge is 2.20. The van der Waals surface area contributed by atoms with E-state index in [2.05, 4.69) is 4.72 Å². The van der Waals surface area contributed by atoms with E-state index in [-0.39, 0.29) is 16.6 Å². The number of hydrogen-bond acceptors (Lipinski definition) is 4. The number of carbonyl (C=O) groups excluding carboxylic acids is 1. The highest BCUT2D eigenvalue weighted by atomic mass is 32.2. The van der Waals surface area contributed by atoms with Crippen molar-refractivity contribution in [3.63, 3.8) is 0 Å². The van der Waals surface area contributed by atoms with E-state index in [9.17, 15) is 13.2 Å². The van der Waals surface area contributed by atoms with Gasteiger partial charge in [0.1, 0.15) is 6.10 Å². The number of benzene rings is 5. The SMILES string of the molecule is O=C(NS(=O)(=O)c1ccc2ccccc2c1)c1ccc(C(OCc2ccccc2)c2ccccc2)cc1. The summed E-state index contributed by atoms with van der Waals surface area (Å²) in [5.41, 5.74) is 3.13. The molecule has 0 saturated carbocycles. The fourth-order valence-electron chi connectivity index (χ4n) is 4.15. The molecule has 0 aromatic heterocycles. The average Bonchev–Trinajstić information content (AvgIpc) is 2.94. The zero-order valence-corrected chi connectivity index (χ0v) is 20.8. The minimum absolute atomic E-state index is 0.0367. The van der Waals surface area contributed by atoms with Gasteiger partial charge in [0.25, 0.3) is 15.9 Å². The number of fused-ring (bicyclic) bond motifs is 1. The van der Waals surface area contributed by atoms with Crippen LogP contribution in [0.15, 0.2) is 132 Å². The highest BCUT2D eigenvalue weighted by molar-refractivity contribution is 7.90. The number of ether oxygens (including phenoxy) is 1. The summed E-state index contributed by atoms with van der Waals surface area (Å²) >= 11 is 0. The van der Waals surface area contributed by atoms with Gasteiger partial charge in [0.2, 0.25) is 0 Å². The summed E-state index contributed by atoms with van der Waals surface area (Å²) in [6.45, 7) is 0.423. The number of sulfonamides is 1. The van der Waals surface area contributed by atoms with Crippen molar-refractivity contribution in [2.75, 3.05) is 0 Å². The molecule has 0 saturated heterocycles. The first-order valence-electron chi connectivity index (χ1n) is 11.9. The van der Waals surface area contributed by atoms with Crippen LogP contribution in [0.4, 0.5) is 0 Å². The molecular weight excluding hydrogens is 482 g/mol. The molecule has 5 nitrogen and oxygen atoms in total. The minimum atomic E-state index is -4.03. The Hall–Kier alpha value is -4.26. The van der Waals surface area contributed by atoms with E-state index in [4.69, 9.17) is 4.74 Å². The predicted octanol–water partition coefficient (Wildman–Crippen LogP) is 6.26. The molecule has 6 heteroatoms. The molecule has 1 N–H and O–H groups in total. The van der Waals surface area contributed by atoms with Gasteiger partial charge in [-0.3, -0.25) is 4.79 Å². The molecule has 0 aliphatic rings. The van der Waals surface area contributed by atoms with Gasteiger partial charge >= 0.3 is 0 Å². The normalized spacial score (nSPS) is 12.2. The zero-order chi connectivity index (χ0) is 25.7. The molecule has 0 bridgehead atoms. The van der Waals surface area contributed by atoms with Gasteiger partial charge < -0.3 is 4.74 Å². The first-order chi connectivity index (χ1) is 18.0. The topological polar surface area (TPSA) is 72.5 Å². The van der Waals surface area contributed by atoms with Crippen molar-refractivity contribution in [1.82, 2.24) is 4.72 Å². The molecule has 0 aliphatic carbocycles. The third-order valence-corrected chi connectivity index (χ3v) is 7.42. The lowest BCUT2D eigenvalue weighted by Crippen LogP contribution is -2.30. The van der Waals surface area contributed by atoms with Gasteiger partial charge in [0.15, 0.2) is 0 Å². The molecule has 0 heterocycles. The van der Waals surface area contributed by atoms with Crippen LogP contribution in [0, 0.1) is 0 Å². The van der Waals surface area contributed by atoms with E-state index in [0.717, 1.165) is 27.5 Å². The van der Waals surface area contributed by atoms with E-state index in [1.54, 1.807) is 36.4 Å². The number of rotatable bonds is 8. The first-order valence-corrected chi connectivity index (χ1v) is 13.3. The van der Waals surface area contributed by atoms with Gasteiger partial charge in [-0.25, -0.2) is 13.1 Å². The van der Waals surface area contributed by atoms with Crippen molar-refractivity contribution < 1.29 is 17.9 Å². The Morgan fingerprint density at radius 2 is 1.27 bits per heavy atom. The molecule has 5 rings (SSSR count). The Labute approximate surface area is 216 Å². The molecule has 1 unspecified atom stereocenters. The lowest BCUT2D eigenvalue weighted by Gasteiger charge is -2.19. The summed E-state index contributed by atoms with van der Waals surface area (Å²) in [5.74, 6) is -0.693. The van der Waals surface area contributed by atoms with Crippen molar-refractivity contribution in [1.29, 1.82) is 0 Å². The molecule has 37 heavy (non-hydrogen) atoms. The second-order valence-corrected chi connectivity index (χ2v) is 10.3. The number of hydrogen-bond donors (Lipinski definition) is 1. The number of nitrogens with one attached hydrogen (secondary N) is 1. The Kier molecular flexibility index (Phi) is 7.12. The minimum Gasteiger partial charge on any atom is -0.364 e. The van der Waals surface area contributed by atoms with Crippen molar-refractivity contribution in [2.24, 2.45) is 0 Å². The third-order valence-electron chi connectivity index (χ3n) is 6.10. The summed E-state index contributed by atoms with van der Waals surface area (Å²) in [4.78, 5) is 12.9. The van der Waals surface area contributed by atoms with Crippen LogP contribution in [0.3, 0.4) is 0 Å². The molecular formula is C31H25NO4S. The number of carbonyl (C=O) groups is 1. The van der Waals surface area contributed by atoms with E-state index < -0.39 is 15.9 Å². The summed E-state index contributed by atoms with van der Waals surface area (Å²) < 4.78 is 34.2. The summed E-state index contributed by atoms with van der Waals surface area (Å²) in [6, 6.07) is 38.8. The largest absolute Gasteiger partial charge is 0.364 e. The predicted molar refractivity (Wildman–Crippen MR) is 145 cm³/mol. The van der Waals surface area contributed by atoms with Crippen LogP contribution in [0.1, 0.15) is 33.2 Å². The van der Waals surface area contributed by atoms with Crippen LogP contribution in [0.5, 0.6) is 0 Å². The van der Waals surface area contributed by atoms with Crippen LogP contribution in [-0.2, 0) is 21.4 Å². The quantitative estimate of drug-likeness (QED) is 0.269. The number of amides is 1. The Morgan fingerprint density at radius 1 is 0.676 bits per heavy atom. The van der Waals surface area contributed by atoms with Gasteiger partial charge in [-0.1, -0.05) is 103 Å². The Balaban J connectivity index is 1.34. The van der Waals surface area contributed by atoms with Gasteiger partial charge in [-0.15, -0.1) is 0 Å². The van der Waals surface area contributed by atoms with E-state index in [1.165, 1.54) is 6.07 Å². The molecule has 184 valence electrons. The van der Waals surface area contributed by atoms with Crippen molar-refractivity contribution >= 4 is 26.7 Å². The van der Waals surface area contributed by atoms with Crippen molar-refractivity contribution in [2.45, 2.75) is 17.6 Å². The monoisotopic (exact) mass is 507 g/mol. The summed E-state index contributed by atoms with van der Waals surface area (Å²) in [5, 5.41) is 1.70. The van der Waals surface area contributed by atoms with Crippen LogP contribution in [0.25, 0.3) is 10.8 Å². The van der Waals surface area contributed by atoms with Crippen LogP contribution in [0.2, 0.25) is 0 Å². The molecule has 0 radical (unpaired) electrons. The fourth-order valence-corrected chi connectivity index (χ4v) is 5.16. The highest BCUT2D eigenvalue weighted by Crippen LogP contribution is 2.28. The van der Waals surface area contributed by atoms with Crippen molar-refractivity contribution in [3.05, 3.63) is 150 Å².